The second-order valence-corrected chi connectivity index (χ2v) is 5.07. The minimum absolute atomic E-state index is 0.0368. The Balaban J connectivity index is 2.31. The number of carbonyl (C=O) groups excluding carboxylic acids is 2. The van der Waals surface area contributed by atoms with Crippen molar-refractivity contribution in [1.29, 1.82) is 0 Å². The minimum Gasteiger partial charge on any atom is -0.353 e. The fourth-order valence-corrected chi connectivity index (χ4v) is 2.01. The van der Waals surface area contributed by atoms with E-state index in [0.717, 1.165) is 32.4 Å². The fourth-order valence-electron chi connectivity index (χ4n) is 2.01. The summed E-state index contributed by atoms with van der Waals surface area (Å²) in [5.74, 6) is 0.402. The highest BCUT2D eigenvalue weighted by atomic mass is 16.2. The summed E-state index contributed by atoms with van der Waals surface area (Å²) in [7, 11) is 0. The predicted octanol–water partition coefficient (Wildman–Crippen LogP) is 1.55. The summed E-state index contributed by atoms with van der Waals surface area (Å²) in [4.78, 5) is 25.1. The van der Waals surface area contributed by atoms with Crippen molar-refractivity contribution in [3.8, 4) is 0 Å². The molecule has 1 aliphatic rings. The Kier molecular flexibility index (Phi) is 5.45. The maximum atomic E-state index is 11.7. The largest absolute Gasteiger partial charge is 0.353 e. The summed E-state index contributed by atoms with van der Waals surface area (Å²) in [5, 5.41) is 3.03. The molecule has 4 heteroatoms. The number of rotatable bonds is 4. The van der Waals surface area contributed by atoms with E-state index >= 15 is 0 Å². The molecule has 0 aliphatic carbocycles. The van der Waals surface area contributed by atoms with Gasteiger partial charge in [0.25, 0.3) is 0 Å². The lowest BCUT2D eigenvalue weighted by Crippen LogP contribution is -2.47. The first-order chi connectivity index (χ1) is 8.04. The van der Waals surface area contributed by atoms with Gasteiger partial charge in [0.2, 0.25) is 11.8 Å². The molecule has 0 aromatic carbocycles. The first kappa shape index (κ1) is 14.0. The molecule has 0 bridgehead atoms. The van der Waals surface area contributed by atoms with E-state index in [1.54, 1.807) is 0 Å². The van der Waals surface area contributed by atoms with E-state index in [-0.39, 0.29) is 23.8 Å². The quantitative estimate of drug-likeness (QED) is 0.810. The van der Waals surface area contributed by atoms with Crippen molar-refractivity contribution in [2.45, 2.75) is 52.5 Å². The van der Waals surface area contributed by atoms with Crippen LogP contribution in [-0.4, -0.2) is 35.8 Å². The average molecular weight is 240 g/mol. The topological polar surface area (TPSA) is 49.4 Å². The van der Waals surface area contributed by atoms with Crippen molar-refractivity contribution in [1.82, 2.24) is 10.2 Å². The predicted molar refractivity (Wildman–Crippen MR) is 67.5 cm³/mol. The van der Waals surface area contributed by atoms with Gasteiger partial charge in [-0.05, 0) is 19.3 Å². The molecule has 0 aromatic heterocycles. The molecular weight excluding hydrogens is 216 g/mol. The molecule has 1 aliphatic heterocycles. The monoisotopic (exact) mass is 240 g/mol. The van der Waals surface area contributed by atoms with Crippen LogP contribution >= 0.6 is 0 Å². The highest BCUT2D eigenvalue weighted by molar-refractivity contribution is 5.78. The zero-order valence-corrected chi connectivity index (χ0v) is 11.2. The van der Waals surface area contributed by atoms with Crippen LogP contribution in [0.15, 0.2) is 0 Å². The zero-order valence-electron chi connectivity index (χ0n) is 11.2. The summed E-state index contributed by atoms with van der Waals surface area (Å²) in [5.41, 5.74) is 0. The van der Waals surface area contributed by atoms with Crippen LogP contribution in [-0.2, 0) is 9.59 Å². The Morgan fingerprint density at radius 1 is 1.29 bits per heavy atom. The van der Waals surface area contributed by atoms with Gasteiger partial charge in [-0.2, -0.15) is 0 Å². The van der Waals surface area contributed by atoms with Crippen molar-refractivity contribution >= 4 is 11.8 Å². The van der Waals surface area contributed by atoms with E-state index in [2.05, 4.69) is 5.32 Å². The molecule has 1 saturated heterocycles. The van der Waals surface area contributed by atoms with Crippen molar-refractivity contribution < 1.29 is 9.59 Å². The lowest BCUT2D eigenvalue weighted by Gasteiger charge is -2.32. The first-order valence-corrected chi connectivity index (χ1v) is 6.62. The molecule has 0 unspecified atom stereocenters. The summed E-state index contributed by atoms with van der Waals surface area (Å²) < 4.78 is 0. The number of piperidine rings is 1. The average Bonchev–Trinajstić information content (AvgIpc) is 2.30. The van der Waals surface area contributed by atoms with Gasteiger partial charge < -0.3 is 10.2 Å². The maximum Gasteiger partial charge on any atom is 0.222 e. The molecule has 0 spiro atoms. The molecule has 1 heterocycles. The molecule has 4 nitrogen and oxygen atoms in total. The molecule has 2 amide bonds. The van der Waals surface area contributed by atoms with Gasteiger partial charge in [0, 0.05) is 31.5 Å². The number of hydrogen-bond acceptors (Lipinski definition) is 2. The van der Waals surface area contributed by atoms with E-state index in [0.29, 0.717) is 6.42 Å². The Hall–Kier alpha value is -1.06. The van der Waals surface area contributed by atoms with Gasteiger partial charge in [-0.1, -0.05) is 20.8 Å². The Morgan fingerprint density at radius 3 is 2.35 bits per heavy atom. The van der Waals surface area contributed by atoms with E-state index < -0.39 is 0 Å². The highest BCUT2D eigenvalue weighted by Gasteiger charge is 2.23. The number of nitrogens with one attached hydrogen (secondary N) is 1. The zero-order chi connectivity index (χ0) is 12.8. The highest BCUT2D eigenvalue weighted by Crippen LogP contribution is 2.12. The number of likely N-dealkylation sites (tertiary alicyclic amines) is 1. The van der Waals surface area contributed by atoms with E-state index in [9.17, 15) is 9.59 Å². The molecule has 0 saturated carbocycles. The third-order valence-corrected chi connectivity index (χ3v) is 3.18. The minimum atomic E-state index is 0.0368. The van der Waals surface area contributed by atoms with Gasteiger partial charge in [0.05, 0.1) is 0 Å². The standard InChI is InChI=1S/C13H24N2O2/c1-4-5-12(16)15-8-6-11(7-9-15)14-13(17)10(2)3/h10-11H,4-9H2,1-3H3,(H,14,17). The van der Waals surface area contributed by atoms with Gasteiger partial charge in [-0.3, -0.25) is 9.59 Å². The van der Waals surface area contributed by atoms with Crippen LogP contribution in [0.5, 0.6) is 0 Å². The molecule has 1 rings (SSSR count). The molecule has 1 fully saturated rings. The number of nitrogens with zero attached hydrogens (tertiary/aromatic N) is 1. The Morgan fingerprint density at radius 2 is 1.88 bits per heavy atom. The maximum absolute atomic E-state index is 11.7. The van der Waals surface area contributed by atoms with Crippen molar-refractivity contribution in [2.75, 3.05) is 13.1 Å². The van der Waals surface area contributed by atoms with Crippen LogP contribution in [0.1, 0.15) is 46.5 Å². The molecule has 0 aromatic rings. The van der Waals surface area contributed by atoms with Crippen LogP contribution in [0.25, 0.3) is 0 Å². The lowest BCUT2D eigenvalue weighted by molar-refractivity contribution is -0.132. The van der Waals surface area contributed by atoms with Crippen LogP contribution in [0.4, 0.5) is 0 Å². The number of hydrogen-bond donors (Lipinski definition) is 1. The molecule has 98 valence electrons. The SMILES string of the molecule is CCCC(=O)N1CCC(NC(=O)C(C)C)CC1. The number of amides is 2. The molecule has 1 N–H and O–H groups in total. The lowest BCUT2D eigenvalue weighted by atomic mass is 10.0. The van der Waals surface area contributed by atoms with Gasteiger partial charge >= 0.3 is 0 Å². The van der Waals surface area contributed by atoms with Crippen molar-refractivity contribution in [3.05, 3.63) is 0 Å². The first-order valence-electron chi connectivity index (χ1n) is 6.62. The Bertz CT molecular complexity index is 269. The van der Waals surface area contributed by atoms with Crippen molar-refractivity contribution in [3.63, 3.8) is 0 Å². The summed E-state index contributed by atoms with van der Waals surface area (Å²) >= 11 is 0. The Labute approximate surface area is 104 Å². The number of carbonyl (C=O) groups is 2. The van der Waals surface area contributed by atoms with Gasteiger partial charge in [-0.25, -0.2) is 0 Å². The van der Waals surface area contributed by atoms with E-state index in [4.69, 9.17) is 0 Å². The van der Waals surface area contributed by atoms with Crippen LogP contribution in [0.2, 0.25) is 0 Å². The van der Waals surface area contributed by atoms with E-state index in [1.165, 1.54) is 0 Å². The summed E-state index contributed by atoms with van der Waals surface area (Å²) in [6.45, 7) is 7.38. The van der Waals surface area contributed by atoms with Crippen LogP contribution in [0, 0.1) is 5.92 Å². The van der Waals surface area contributed by atoms with Crippen LogP contribution in [0.3, 0.4) is 0 Å². The molecule has 17 heavy (non-hydrogen) atoms. The molecular formula is C13H24N2O2. The van der Waals surface area contributed by atoms with Gasteiger partial charge in [0.1, 0.15) is 0 Å². The fraction of sp³-hybridized carbons (Fsp3) is 0.846. The third kappa shape index (κ3) is 4.36. The van der Waals surface area contributed by atoms with E-state index in [1.807, 2.05) is 25.7 Å². The summed E-state index contributed by atoms with van der Waals surface area (Å²) in [6, 6.07) is 0.246. The van der Waals surface area contributed by atoms with Gasteiger partial charge in [0.15, 0.2) is 0 Å². The van der Waals surface area contributed by atoms with Crippen molar-refractivity contribution in [2.24, 2.45) is 5.92 Å². The van der Waals surface area contributed by atoms with Gasteiger partial charge in [-0.15, -0.1) is 0 Å². The molecule has 0 radical (unpaired) electrons. The molecule has 0 atom stereocenters. The third-order valence-electron chi connectivity index (χ3n) is 3.18. The second kappa shape index (κ2) is 6.62. The summed E-state index contributed by atoms with van der Waals surface area (Å²) in [6.07, 6.45) is 3.31. The second-order valence-electron chi connectivity index (χ2n) is 5.07. The van der Waals surface area contributed by atoms with Crippen LogP contribution < -0.4 is 5.32 Å². The normalized spacial score (nSPS) is 17.3. The smallest absolute Gasteiger partial charge is 0.222 e.